The zero-order valence-electron chi connectivity index (χ0n) is 21.1. The molecule has 3 rings (SSSR count). The Kier molecular flexibility index (Phi) is 10.4. The predicted molar refractivity (Wildman–Crippen MR) is 139 cm³/mol. The van der Waals surface area contributed by atoms with E-state index in [1.165, 1.54) is 25.7 Å². The van der Waals surface area contributed by atoms with E-state index in [1.54, 1.807) is 11.1 Å². The second-order valence-corrected chi connectivity index (χ2v) is 8.94. The lowest BCUT2D eigenvalue weighted by Gasteiger charge is -2.28. The van der Waals surface area contributed by atoms with E-state index in [2.05, 4.69) is 27.4 Å². The van der Waals surface area contributed by atoms with Crippen LogP contribution in [0.3, 0.4) is 0 Å². The number of anilines is 2. The van der Waals surface area contributed by atoms with Crippen LogP contribution in [0.1, 0.15) is 68.7 Å². The van der Waals surface area contributed by atoms with Crippen LogP contribution < -0.4 is 15.5 Å². The van der Waals surface area contributed by atoms with Gasteiger partial charge in [-0.2, -0.15) is 0 Å². The Hall–Kier alpha value is -3.07. The van der Waals surface area contributed by atoms with Gasteiger partial charge in [-0.25, -0.2) is 9.78 Å². The molecule has 0 aliphatic carbocycles. The fourth-order valence-electron chi connectivity index (χ4n) is 4.37. The molecule has 35 heavy (non-hydrogen) atoms. The molecule has 2 heterocycles. The van der Waals surface area contributed by atoms with E-state index in [-0.39, 0.29) is 18.5 Å². The fourth-order valence-corrected chi connectivity index (χ4v) is 4.37. The smallest absolute Gasteiger partial charge is 0.317 e. The van der Waals surface area contributed by atoms with Crippen molar-refractivity contribution in [2.75, 3.05) is 43.0 Å². The average molecular weight is 485 g/mol. The summed E-state index contributed by atoms with van der Waals surface area (Å²) < 4.78 is 1.89. The number of urea groups is 1. The molecular formula is C26H40N6O3. The van der Waals surface area contributed by atoms with Crippen molar-refractivity contribution < 1.29 is 14.7 Å². The van der Waals surface area contributed by atoms with Gasteiger partial charge in [0.15, 0.2) is 0 Å². The average Bonchev–Trinajstić information content (AvgIpc) is 3.30. The van der Waals surface area contributed by atoms with Crippen LogP contribution >= 0.6 is 0 Å². The maximum absolute atomic E-state index is 12.9. The van der Waals surface area contributed by atoms with Gasteiger partial charge in [0.05, 0.1) is 19.3 Å². The number of hydrogen-bond acceptors (Lipinski definition) is 5. The maximum Gasteiger partial charge on any atom is 0.317 e. The Morgan fingerprint density at radius 3 is 2.51 bits per heavy atom. The maximum atomic E-state index is 12.9. The Morgan fingerprint density at radius 1 is 1.06 bits per heavy atom. The number of amides is 3. The predicted octanol–water partition coefficient (Wildman–Crippen LogP) is 3.84. The molecule has 0 saturated heterocycles. The third-order valence-electron chi connectivity index (χ3n) is 6.43. The number of fused-ring (bicyclic) bond motifs is 1. The summed E-state index contributed by atoms with van der Waals surface area (Å²) in [5.74, 6) is 0.495. The highest BCUT2D eigenvalue weighted by molar-refractivity contribution is 6.03. The van der Waals surface area contributed by atoms with Crippen molar-refractivity contribution in [3.05, 3.63) is 42.0 Å². The molecular weight excluding hydrogens is 444 g/mol. The van der Waals surface area contributed by atoms with E-state index in [1.807, 2.05) is 35.8 Å². The van der Waals surface area contributed by atoms with Crippen molar-refractivity contribution in [1.82, 2.24) is 19.8 Å². The molecule has 0 unspecified atom stereocenters. The number of carbonyl (C=O) groups is 2. The number of hydrogen-bond donors (Lipinski definition) is 3. The number of aliphatic hydroxyl groups is 1. The summed E-state index contributed by atoms with van der Waals surface area (Å²) in [4.78, 5) is 33.7. The van der Waals surface area contributed by atoms with Crippen molar-refractivity contribution in [2.45, 2.75) is 65.5 Å². The van der Waals surface area contributed by atoms with Gasteiger partial charge in [-0.05, 0) is 37.6 Å². The number of nitrogens with zero attached hydrogens (tertiary/aromatic N) is 4. The Balaban J connectivity index is 1.49. The summed E-state index contributed by atoms with van der Waals surface area (Å²) in [5.41, 5.74) is 2.18. The molecule has 0 fully saturated rings. The van der Waals surface area contributed by atoms with Gasteiger partial charge < -0.3 is 30.1 Å². The van der Waals surface area contributed by atoms with E-state index in [9.17, 15) is 14.7 Å². The number of aromatic nitrogens is 2. The van der Waals surface area contributed by atoms with Gasteiger partial charge in [0.1, 0.15) is 11.5 Å². The van der Waals surface area contributed by atoms with Crippen molar-refractivity contribution in [3.8, 4) is 0 Å². The van der Waals surface area contributed by atoms with Crippen LogP contribution in [0.2, 0.25) is 0 Å². The van der Waals surface area contributed by atoms with Gasteiger partial charge in [0.25, 0.3) is 5.91 Å². The third kappa shape index (κ3) is 7.45. The molecule has 9 nitrogen and oxygen atoms in total. The number of benzene rings is 1. The fraction of sp³-hybridized carbons (Fsp3) is 0.577. The van der Waals surface area contributed by atoms with Crippen LogP contribution in [0.25, 0.3) is 0 Å². The molecule has 1 aliphatic rings. The first kappa shape index (κ1) is 26.5. The molecule has 0 radical (unpaired) electrons. The summed E-state index contributed by atoms with van der Waals surface area (Å²) >= 11 is 0. The van der Waals surface area contributed by atoms with Crippen molar-refractivity contribution in [1.29, 1.82) is 0 Å². The molecule has 3 amide bonds. The highest BCUT2D eigenvalue weighted by Crippen LogP contribution is 2.20. The monoisotopic (exact) mass is 484 g/mol. The molecule has 9 heteroatoms. The van der Waals surface area contributed by atoms with Gasteiger partial charge in [-0.1, -0.05) is 39.0 Å². The number of unbranched alkanes of at least 4 members (excludes halogenated alkanes) is 5. The Morgan fingerprint density at radius 2 is 1.80 bits per heavy atom. The zero-order valence-corrected chi connectivity index (χ0v) is 21.1. The molecule has 3 N–H and O–H groups in total. The Labute approximate surface area is 208 Å². The summed E-state index contributed by atoms with van der Waals surface area (Å²) in [6.45, 7) is 7.86. The van der Waals surface area contributed by atoms with Crippen LogP contribution in [0, 0.1) is 0 Å². The third-order valence-corrected chi connectivity index (χ3v) is 6.43. The van der Waals surface area contributed by atoms with Crippen LogP contribution in [-0.2, 0) is 13.1 Å². The summed E-state index contributed by atoms with van der Waals surface area (Å²) in [6.07, 6.45) is 8.73. The minimum Gasteiger partial charge on any atom is -0.395 e. The molecule has 1 aromatic carbocycles. The van der Waals surface area contributed by atoms with Gasteiger partial charge in [0.2, 0.25) is 0 Å². The SMILES string of the molecule is CCCCCCCCNC(=O)N1CCn2c(C(=O)Nc3ccc(N(CC)CCO)cc3)cnc2C1. The molecule has 0 spiro atoms. The molecule has 0 atom stereocenters. The van der Waals surface area contributed by atoms with E-state index in [4.69, 9.17) is 0 Å². The van der Waals surface area contributed by atoms with Gasteiger partial charge >= 0.3 is 6.03 Å². The zero-order chi connectivity index (χ0) is 25.0. The van der Waals surface area contributed by atoms with E-state index in [0.717, 1.165) is 25.1 Å². The van der Waals surface area contributed by atoms with Crippen molar-refractivity contribution in [2.24, 2.45) is 0 Å². The van der Waals surface area contributed by atoms with Crippen LogP contribution in [0.5, 0.6) is 0 Å². The molecule has 1 aromatic heterocycles. The van der Waals surface area contributed by atoms with Crippen LogP contribution in [-0.4, -0.2) is 64.3 Å². The lowest BCUT2D eigenvalue weighted by molar-refractivity contribution is 0.101. The van der Waals surface area contributed by atoms with Gasteiger partial charge in [-0.15, -0.1) is 0 Å². The molecule has 0 bridgehead atoms. The van der Waals surface area contributed by atoms with E-state index < -0.39 is 0 Å². The van der Waals surface area contributed by atoms with Gasteiger partial charge in [0, 0.05) is 44.1 Å². The topological polar surface area (TPSA) is 103 Å². The highest BCUT2D eigenvalue weighted by atomic mass is 16.3. The number of rotatable bonds is 13. The first-order chi connectivity index (χ1) is 17.1. The van der Waals surface area contributed by atoms with E-state index >= 15 is 0 Å². The van der Waals surface area contributed by atoms with Crippen LogP contribution in [0.4, 0.5) is 16.2 Å². The largest absolute Gasteiger partial charge is 0.395 e. The Bertz CT molecular complexity index is 943. The second-order valence-electron chi connectivity index (χ2n) is 8.94. The molecule has 192 valence electrons. The second kappa shape index (κ2) is 13.7. The standard InChI is InChI=1S/C26H40N6O3/c1-3-5-6-7-8-9-14-27-26(35)31-15-16-32-23(19-28-24(32)20-31)25(34)29-21-10-12-22(13-11-21)30(4-2)17-18-33/h10-13,19,33H,3-9,14-18,20H2,1-2H3,(H,27,35)(H,29,34). The lowest BCUT2D eigenvalue weighted by Crippen LogP contribution is -2.45. The molecule has 1 aliphatic heterocycles. The number of aliphatic hydroxyl groups excluding tert-OH is 1. The highest BCUT2D eigenvalue weighted by Gasteiger charge is 2.25. The first-order valence-electron chi connectivity index (χ1n) is 12.9. The van der Waals surface area contributed by atoms with Crippen molar-refractivity contribution in [3.63, 3.8) is 0 Å². The lowest BCUT2D eigenvalue weighted by atomic mass is 10.1. The normalized spacial score (nSPS) is 12.8. The molecule has 2 aromatic rings. The number of likely N-dealkylation sites (N-methyl/N-ethyl adjacent to an activating group) is 1. The first-order valence-corrected chi connectivity index (χ1v) is 12.9. The summed E-state index contributed by atoms with van der Waals surface area (Å²) in [6, 6.07) is 7.51. The summed E-state index contributed by atoms with van der Waals surface area (Å²) in [7, 11) is 0. The quantitative estimate of drug-likeness (QED) is 0.375. The van der Waals surface area contributed by atoms with Crippen LogP contribution in [0.15, 0.2) is 30.5 Å². The number of carbonyl (C=O) groups excluding carboxylic acids is 2. The number of imidazole rings is 1. The molecule has 0 saturated carbocycles. The minimum atomic E-state index is -0.222. The van der Waals surface area contributed by atoms with Crippen molar-refractivity contribution >= 4 is 23.3 Å². The van der Waals surface area contributed by atoms with Gasteiger partial charge in [-0.3, -0.25) is 4.79 Å². The number of nitrogens with one attached hydrogen (secondary N) is 2. The minimum absolute atomic E-state index is 0.0683. The van der Waals surface area contributed by atoms with E-state index in [0.29, 0.717) is 49.9 Å². The summed E-state index contributed by atoms with van der Waals surface area (Å²) in [5, 5.41) is 15.2.